The average Bonchev–Trinajstić information content (AvgIpc) is 2.41. The zero-order valence-electron chi connectivity index (χ0n) is 11.5. The monoisotopic (exact) mass is 241 g/mol. The number of carbonyl (C=O) groups excluding carboxylic acids is 1. The summed E-state index contributed by atoms with van der Waals surface area (Å²) < 4.78 is 0. The minimum absolute atomic E-state index is 0.200. The van der Waals surface area contributed by atoms with E-state index < -0.39 is 0 Å². The van der Waals surface area contributed by atoms with Gasteiger partial charge in [-0.2, -0.15) is 0 Å². The number of hydrogen-bond acceptors (Lipinski definition) is 2. The fourth-order valence-electron chi connectivity index (χ4n) is 2.25. The summed E-state index contributed by atoms with van der Waals surface area (Å²) in [6.45, 7) is 8.17. The maximum Gasteiger partial charge on any atom is 0.222 e. The Bertz CT molecular complexity index is 251. The van der Waals surface area contributed by atoms with Crippen LogP contribution in [0.5, 0.6) is 0 Å². The summed E-state index contributed by atoms with van der Waals surface area (Å²) in [5.41, 5.74) is 0.299. The summed E-state index contributed by atoms with van der Waals surface area (Å²) in [7, 11) is 0. The van der Waals surface area contributed by atoms with E-state index in [1.54, 1.807) is 0 Å². The standard InChI is InChI=1S/C14H27NO2/c1-4-12(16)6-5-10-15-11-9-14(2,3)8-7-13(15)17/h12,16H,4-11H2,1-3H3. The van der Waals surface area contributed by atoms with Crippen LogP contribution in [-0.2, 0) is 4.79 Å². The Morgan fingerprint density at radius 3 is 2.76 bits per heavy atom. The Balaban J connectivity index is 2.34. The van der Waals surface area contributed by atoms with Crippen LogP contribution in [-0.4, -0.2) is 35.1 Å². The summed E-state index contributed by atoms with van der Waals surface area (Å²) >= 11 is 0. The topological polar surface area (TPSA) is 40.5 Å². The maximum atomic E-state index is 11.9. The van der Waals surface area contributed by atoms with Crippen molar-refractivity contribution in [2.45, 2.75) is 65.4 Å². The number of aliphatic hydroxyl groups excluding tert-OH is 1. The van der Waals surface area contributed by atoms with E-state index in [1.807, 2.05) is 11.8 Å². The first-order chi connectivity index (χ1) is 7.94. The fraction of sp³-hybridized carbons (Fsp3) is 0.929. The van der Waals surface area contributed by atoms with Crippen molar-refractivity contribution in [1.29, 1.82) is 0 Å². The van der Waals surface area contributed by atoms with Crippen LogP contribution in [0.25, 0.3) is 0 Å². The molecular weight excluding hydrogens is 214 g/mol. The van der Waals surface area contributed by atoms with Crippen LogP contribution in [0.3, 0.4) is 0 Å². The highest BCUT2D eigenvalue weighted by atomic mass is 16.3. The van der Waals surface area contributed by atoms with Crippen molar-refractivity contribution in [1.82, 2.24) is 4.90 Å². The Labute approximate surface area is 105 Å². The maximum absolute atomic E-state index is 11.9. The minimum Gasteiger partial charge on any atom is -0.393 e. The zero-order chi connectivity index (χ0) is 12.9. The first-order valence-corrected chi connectivity index (χ1v) is 6.90. The molecule has 1 aliphatic rings. The zero-order valence-corrected chi connectivity index (χ0v) is 11.5. The highest BCUT2D eigenvalue weighted by molar-refractivity contribution is 5.76. The Hall–Kier alpha value is -0.570. The second-order valence-electron chi connectivity index (χ2n) is 6.00. The molecule has 1 amide bonds. The molecule has 1 aliphatic heterocycles. The van der Waals surface area contributed by atoms with E-state index >= 15 is 0 Å². The fourth-order valence-corrected chi connectivity index (χ4v) is 2.25. The first-order valence-electron chi connectivity index (χ1n) is 6.90. The lowest BCUT2D eigenvalue weighted by Crippen LogP contribution is -2.32. The molecule has 1 heterocycles. The normalized spacial score (nSPS) is 22.4. The van der Waals surface area contributed by atoms with E-state index in [2.05, 4.69) is 13.8 Å². The number of rotatable bonds is 5. The van der Waals surface area contributed by atoms with Crippen LogP contribution in [0, 0.1) is 5.41 Å². The van der Waals surface area contributed by atoms with E-state index in [0.717, 1.165) is 45.2 Å². The molecule has 1 unspecified atom stereocenters. The number of hydrogen-bond donors (Lipinski definition) is 1. The van der Waals surface area contributed by atoms with E-state index in [1.165, 1.54) is 0 Å². The molecule has 0 radical (unpaired) electrons. The van der Waals surface area contributed by atoms with Gasteiger partial charge >= 0.3 is 0 Å². The molecule has 0 spiro atoms. The van der Waals surface area contributed by atoms with Crippen LogP contribution < -0.4 is 0 Å². The summed E-state index contributed by atoms with van der Waals surface area (Å²) in [4.78, 5) is 13.9. The average molecular weight is 241 g/mol. The quantitative estimate of drug-likeness (QED) is 0.803. The van der Waals surface area contributed by atoms with Gasteiger partial charge in [0.1, 0.15) is 0 Å². The highest BCUT2D eigenvalue weighted by Gasteiger charge is 2.26. The van der Waals surface area contributed by atoms with Crippen molar-refractivity contribution in [2.75, 3.05) is 13.1 Å². The summed E-state index contributed by atoms with van der Waals surface area (Å²) in [5, 5.41) is 9.49. The molecule has 0 aromatic carbocycles. The van der Waals surface area contributed by atoms with Crippen LogP contribution in [0.2, 0.25) is 0 Å². The summed E-state index contributed by atoms with van der Waals surface area (Å²) in [5.74, 6) is 0.293. The highest BCUT2D eigenvalue weighted by Crippen LogP contribution is 2.30. The molecule has 100 valence electrons. The molecule has 3 nitrogen and oxygen atoms in total. The first kappa shape index (κ1) is 14.5. The van der Waals surface area contributed by atoms with E-state index in [9.17, 15) is 9.90 Å². The molecule has 0 bridgehead atoms. The number of aliphatic hydroxyl groups is 1. The van der Waals surface area contributed by atoms with Crippen LogP contribution >= 0.6 is 0 Å². The Kier molecular flexibility index (Phi) is 5.44. The lowest BCUT2D eigenvalue weighted by atomic mass is 9.85. The molecule has 1 N–H and O–H groups in total. The largest absolute Gasteiger partial charge is 0.393 e. The third-order valence-corrected chi connectivity index (χ3v) is 3.86. The minimum atomic E-state index is -0.200. The lowest BCUT2D eigenvalue weighted by Gasteiger charge is -2.23. The van der Waals surface area contributed by atoms with E-state index in [0.29, 0.717) is 17.7 Å². The van der Waals surface area contributed by atoms with Gasteiger partial charge in [0.25, 0.3) is 0 Å². The van der Waals surface area contributed by atoms with Gasteiger partial charge in [-0.1, -0.05) is 20.8 Å². The van der Waals surface area contributed by atoms with Gasteiger partial charge in [-0.3, -0.25) is 4.79 Å². The number of likely N-dealkylation sites (tertiary alicyclic amines) is 1. The second-order valence-corrected chi connectivity index (χ2v) is 6.00. The van der Waals surface area contributed by atoms with Crippen LogP contribution in [0.1, 0.15) is 59.3 Å². The molecule has 0 aromatic heterocycles. The third kappa shape index (κ3) is 5.07. The molecule has 17 heavy (non-hydrogen) atoms. The molecular formula is C14H27NO2. The van der Waals surface area contributed by atoms with Gasteiger partial charge in [0, 0.05) is 19.5 Å². The molecule has 1 rings (SSSR count). The SMILES string of the molecule is CCC(O)CCCN1CCC(C)(C)CCC1=O. The van der Waals surface area contributed by atoms with Crippen molar-refractivity contribution < 1.29 is 9.90 Å². The van der Waals surface area contributed by atoms with Crippen molar-refractivity contribution in [3.8, 4) is 0 Å². The second kappa shape index (κ2) is 6.39. The van der Waals surface area contributed by atoms with E-state index in [-0.39, 0.29) is 6.10 Å². The molecule has 0 aliphatic carbocycles. The summed E-state index contributed by atoms with van der Waals surface area (Å²) in [6.07, 6.45) is 5.11. The van der Waals surface area contributed by atoms with Gasteiger partial charge in [0.2, 0.25) is 5.91 Å². The predicted molar refractivity (Wildman–Crippen MR) is 69.7 cm³/mol. The van der Waals surface area contributed by atoms with Crippen LogP contribution in [0.15, 0.2) is 0 Å². The van der Waals surface area contributed by atoms with Gasteiger partial charge in [-0.05, 0) is 37.5 Å². The lowest BCUT2D eigenvalue weighted by molar-refractivity contribution is -0.130. The van der Waals surface area contributed by atoms with Crippen molar-refractivity contribution in [3.05, 3.63) is 0 Å². The van der Waals surface area contributed by atoms with Gasteiger partial charge in [0.15, 0.2) is 0 Å². The molecule has 1 saturated heterocycles. The van der Waals surface area contributed by atoms with Crippen molar-refractivity contribution in [3.63, 3.8) is 0 Å². The third-order valence-electron chi connectivity index (χ3n) is 3.86. The molecule has 1 atom stereocenters. The Morgan fingerprint density at radius 2 is 2.12 bits per heavy atom. The Morgan fingerprint density at radius 1 is 1.41 bits per heavy atom. The van der Waals surface area contributed by atoms with Crippen molar-refractivity contribution >= 4 is 5.91 Å². The van der Waals surface area contributed by atoms with Crippen molar-refractivity contribution in [2.24, 2.45) is 5.41 Å². The number of amides is 1. The van der Waals surface area contributed by atoms with E-state index in [4.69, 9.17) is 0 Å². The van der Waals surface area contributed by atoms with Gasteiger partial charge in [0.05, 0.1) is 6.10 Å². The number of nitrogens with zero attached hydrogens (tertiary/aromatic N) is 1. The van der Waals surface area contributed by atoms with Gasteiger partial charge < -0.3 is 10.0 Å². The molecule has 3 heteroatoms. The summed E-state index contributed by atoms with van der Waals surface area (Å²) in [6, 6.07) is 0. The number of carbonyl (C=O) groups is 1. The smallest absolute Gasteiger partial charge is 0.222 e. The predicted octanol–water partition coefficient (Wildman–Crippen LogP) is 2.58. The molecule has 0 saturated carbocycles. The van der Waals surface area contributed by atoms with Gasteiger partial charge in [-0.25, -0.2) is 0 Å². The van der Waals surface area contributed by atoms with Crippen LogP contribution in [0.4, 0.5) is 0 Å². The molecule has 1 fully saturated rings. The van der Waals surface area contributed by atoms with Gasteiger partial charge in [-0.15, -0.1) is 0 Å². The molecule has 0 aromatic rings.